The van der Waals surface area contributed by atoms with E-state index in [0.717, 1.165) is 57.8 Å². The smallest absolute Gasteiger partial charge is 0.220 e. The summed E-state index contributed by atoms with van der Waals surface area (Å²) in [4.78, 5) is 13.3. The van der Waals surface area contributed by atoms with Crippen LogP contribution in [0.5, 0.6) is 0 Å². The third kappa shape index (κ3) is 26.0. The van der Waals surface area contributed by atoms with Crippen LogP contribution in [-0.2, 0) is 33.2 Å². The molecule has 17 atom stereocenters. The van der Waals surface area contributed by atoms with E-state index in [4.69, 9.17) is 28.4 Å². The second kappa shape index (κ2) is 41.7. The summed E-state index contributed by atoms with van der Waals surface area (Å²) >= 11 is 0. The maximum Gasteiger partial charge on any atom is 0.220 e. The van der Waals surface area contributed by atoms with Crippen LogP contribution in [0.3, 0.4) is 0 Å². The van der Waals surface area contributed by atoms with Crippen molar-refractivity contribution in [2.24, 2.45) is 0 Å². The number of amides is 1. The summed E-state index contributed by atoms with van der Waals surface area (Å²) in [6, 6.07) is -0.991. The summed E-state index contributed by atoms with van der Waals surface area (Å²) < 4.78 is 34.2. The molecule has 3 saturated heterocycles. The lowest BCUT2D eigenvalue weighted by atomic mass is 9.96. The van der Waals surface area contributed by atoms with Gasteiger partial charge in [-0.15, -0.1) is 0 Å². The first kappa shape index (κ1) is 69.0. The van der Waals surface area contributed by atoms with Crippen molar-refractivity contribution in [1.82, 2.24) is 5.32 Å². The second-order valence-electron chi connectivity index (χ2n) is 21.1. The fourth-order valence-corrected chi connectivity index (χ4v) is 9.71. The molecule has 3 aliphatic heterocycles. The zero-order chi connectivity index (χ0) is 56.2. The summed E-state index contributed by atoms with van der Waals surface area (Å²) in [6.07, 6.45) is 18.2. The van der Waals surface area contributed by atoms with Gasteiger partial charge in [-0.05, 0) is 64.2 Å². The topological polar surface area (TPSA) is 307 Å². The van der Waals surface area contributed by atoms with Gasteiger partial charge in [-0.25, -0.2) is 0 Å². The lowest BCUT2D eigenvalue weighted by molar-refractivity contribution is -0.379. The Morgan fingerprint density at radius 1 is 0.468 bits per heavy atom. The van der Waals surface area contributed by atoms with E-state index in [0.29, 0.717) is 12.8 Å². The van der Waals surface area contributed by atoms with E-state index in [9.17, 15) is 61.0 Å². The Labute approximate surface area is 459 Å². The molecule has 17 unspecified atom stereocenters. The zero-order valence-electron chi connectivity index (χ0n) is 46.4. The Morgan fingerprint density at radius 3 is 1.38 bits per heavy atom. The highest BCUT2D eigenvalue weighted by molar-refractivity contribution is 5.76. The molecule has 0 aromatic carbocycles. The minimum absolute atomic E-state index is 0.229. The van der Waals surface area contributed by atoms with Crippen LogP contribution in [-0.4, -0.2) is 193 Å². The maximum absolute atomic E-state index is 13.3. The molecule has 19 nitrogen and oxygen atoms in total. The number of rotatable bonds is 42. The quantitative estimate of drug-likeness (QED) is 0.0291. The number of carbonyl (C=O) groups excluding carboxylic acids is 1. The molecule has 3 aliphatic rings. The van der Waals surface area contributed by atoms with Crippen LogP contribution in [0.4, 0.5) is 0 Å². The summed E-state index contributed by atoms with van der Waals surface area (Å²) in [5.74, 6) is -0.294. The van der Waals surface area contributed by atoms with Crippen molar-refractivity contribution in [3.05, 3.63) is 48.6 Å². The lowest BCUT2D eigenvalue weighted by Gasteiger charge is -2.48. The Morgan fingerprint density at radius 2 is 0.870 bits per heavy atom. The van der Waals surface area contributed by atoms with E-state index < -0.39 is 124 Å². The van der Waals surface area contributed by atoms with E-state index in [1.165, 1.54) is 89.9 Å². The molecule has 3 fully saturated rings. The maximum atomic E-state index is 13.3. The van der Waals surface area contributed by atoms with Crippen molar-refractivity contribution >= 4 is 5.91 Å². The summed E-state index contributed by atoms with van der Waals surface area (Å²) in [5.41, 5.74) is 0. The minimum atomic E-state index is -1.98. The SMILES string of the molecule is CCCCCCC/C=C\C/C=C\CCCCCCCCCCCC(=O)NC(COC1OC(CO)C(OC2OC(CO)C(OC3OC(CO)C(O)C(O)C3O)C(O)C2O)C(O)C1O)C(O)/C=C/CC/C=C/CCCCCCC. The van der Waals surface area contributed by atoms with Crippen molar-refractivity contribution in [1.29, 1.82) is 0 Å². The van der Waals surface area contributed by atoms with E-state index in [-0.39, 0.29) is 18.9 Å². The number of unbranched alkanes of at least 4 members (excludes halogenated alkanes) is 20. The molecule has 3 heterocycles. The lowest BCUT2D eigenvalue weighted by Crippen LogP contribution is -2.66. The van der Waals surface area contributed by atoms with Gasteiger partial charge in [0.25, 0.3) is 0 Å². The molecule has 0 radical (unpaired) electrons. The molecule has 0 aliphatic carbocycles. The van der Waals surface area contributed by atoms with Crippen molar-refractivity contribution in [3.8, 4) is 0 Å². The molecule has 0 aromatic heterocycles. The van der Waals surface area contributed by atoms with E-state index in [1.807, 2.05) is 6.08 Å². The van der Waals surface area contributed by atoms with Gasteiger partial charge in [-0.2, -0.15) is 0 Å². The summed E-state index contributed by atoms with van der Waals surface area (Å²) in [6.45, 7) is 1.64. The Hall–Kier alpha value is -2.25. The summed E-state index contributed by atoms with van der Waals surface area (Å²) in [5, 5.41) is 120. The largest absolute Gasteiger partial charge is 0.394 e. The van der Waals surface area contributed by atoms with Crippen molar-refractivity contribution < 1.29 is 89.4 Å². The first-order valence-electron chi connectivity index (χ1n) is 29.4. The van der Waals surface area contributed by atoms with Gasteiger partial charge in [-0.3, -0.25) is 4.79 Å². The molecule has 3 rings (SSSR count). The van der Waals surface area contributed by atoms with Gasteiger partial charge < -0.3 is 89.9 Å². The highest BCUT2D eigenvalue weighted by atomic mass is 16.8. The van der Waals surface area contributed by atoms with E-state index in [1.54, 1.807) is 6.08 Å². The highest BCUT2D eigenvalue weighted by Crippen LogP contribution is 2.33. The molecule has 77 heavy (non-hydrogen) atoms. The predicted octanol–water partition coefficient (Wildman–Crippen LogP) is 4.70. The predicted molar refractivity (Wildman–Crippen MR) is 291 cm³/mol. The number of aliphatic hydroxyl groups excluding tert-OH is 11. The van der Waals surface area contributed by atoms with Gasteiger partial charge in [-0.1, -0.05) is 159 Å². The summed E-state index contributed by atoms with van der Waals surface area (Å²) in [7, 11) is 0. The van der Waals surface area contributed by atoms with E-state index in [2.05, 4.69) is 55.6 Å². The molecule has 0 bridgehead atoms. The normalized spacial score (nSPS) is 31.1. The van der Waals surface area contributed by atoms with Crippen LogP contribution >= 0.6 is 0 Å². The molecule has 1 amide bonds. The average molecular weight is 1100 g/mol. The Balaban J connectivity index is 1.49. The Bertz CT molecular complexity index is 1600. The molecule has 19 heteroatoms. The van der Waals surface area contributed by atoms with E-state index >= 15 is 0 Å². The monoisotopic (exact) mass is 1100 g/mol. The fraction of sp³-hybridized carbons (Fsp3) is 0.845. The average Bonchev–Trinajstić information content (AvgIpc) is 3.44. The molecule has 12 N–H and O–H groups in total. The van der Waals surface area contributed by atoms with Crippen LogP contribution in [0.25, 0.3) is 0 Å². The van der Waals surface area contributed by atoms with Crippen molar-refractivity contribution in [2.45, 2.75) is 285 Å². The van der Waals surface area contributed by atoms with Crippen molar-refractivity contribution in [2.75, 3.05) is 26.4 Å². The van der Waals surface area contributed by atoms with Gasteiger partial charge in [0.15, 0.2) is 18.9 Å². The van der Waals surface area contributed by atoms with Gasteiger partial charge in [0, 0.05) is 6.42 Å². The van der Waals surface area contributed by atoms with Crippen LogP contribution in [0.2, 0.25) is 0 Å². The van der Waals surface area contributed by atoms with Gasteiger partial charge in [0.1, 0.15) is 73.2 Å². The molecule has 448 valence electrons. The standard InChI is InChI=1S/C58H103NO18/c1-3-5-7-9-11-13-15-16-17-18-19-20-21-22-23-24-26-28-30-32-34-36-46(64)59-41(42(63)35-33-31-29-27-25-14-12-10-8-6-4-2)40-72-56-52(70)49(67)54(44(38-61)74-56)77-58-53(71)50(68)55(45(39-62)75-58)76-57-51(69)48(66)47(65)43(37-60)73-57/h15-16,18-19,25,27,33,35,41-45,47-58,60-63,65-71H,3-14,17,20-24,26,28-32,34,36-40H2,1-2H3,(H,59,64)/b16-15-,19-18-,27-25+,35-33+. The number of hydrogen-bond acceptors (Lipinski definition) is 18. The molecular formula is C58H103NO18. The highest BCUT2D eigenvalue weighted by Gasteiger charge is 2.53. The van der Waals surface area contributed by atoms with Crippen LogP contribution in [0, 0.1) is 0 Å². The first-order chi connectivity index (χ1) is 37.3. The molecule has 0 aromatic rings. The van der Waals surface area contributed by atoms with Crippen LogP contribution in [0.15, 0.2) is 48.6 Å². The van der Waals surface area contributed by atoms with Gasteiger partial charge in [0.05, 0.1) is 38.6 Å². The number of nitrogens with one attached hydrogen (secondary N) is 1. The number of allylic oxidation sites excluding steroid dienone is 7. The molecule has 0 saturated carbocycles. The zero-order valence-corrected chi connectivity index (χ0v) is 46.4. The van der Waals surface area contributed by atoms with Gasteiger partial charge >= 0.3 is 0 Å². The molecule has 0 spiro atoms. The third-order valence-electron chi connectivity index (χ3n) is 14.6. The van der Waals surface area contributed by atoms with Crippen LogP contribution < -0.4 is 5.32 Å². The number of ether oxygens (including phenoxy) is 6. The minimum Gasteiger partial charge on any atom is -0.394 e. The molecular weight excluding hydrogens is 999 g/mol. The third-order valence-corrected chi connectivity index (χ3v) is 14.6. The first-order valence-corrected chi connectivity index (χ1v) is 29.4. The number of carbonyl (C=O) groups is 1. The second-order valence-corrected chi connectivity index (χ2v) is 21.1. The van der Waals surface area contributed by atoms with Crippen molar-refractivity contribution in [3.63, 3.8) is 0 Å². The Kier molecular flexibility index (Phi) is 37.4. The number of aliphatic hydroxyl groups is 11. The fourth-order valence-electron chi connectivity index (χ4n) is 9.71. The van der Waals surface area contributed by atoms with Crippen LogP contribution in [0.1, 0.15) is 181 Å². The van der Waals surface area contributed by atoms with Gasteiger partial charge in [0.2, 0.25) is 5.91 Å². The number of hydrogen-bond donors (Lipinski definition) is 12.